The molecule has 0 saturated carbocycles. The van der Waals surface area contributed by atoms with E-state index >= 15 is 0 Å². The van der Waals surface area contributed by atoms with Gasteiger partial charge in [0.15, 0.2) is 11.5 Å². The van der Waals surface area contributed by atoms with E-state index in [4.69, 9.17) is 25.5 Å². The number of aromatic nitrogens is 2. The van der Waals surface area contributed by atoms with E-state index in [0.717, 1.165) is 5.56 Å². The van der Waals surface area contributed by atoms with Gasteiger partial charge in [-0.25, -0.2) is 4.39 Å². The molecule has 152 valence electrons. The van der Waals surface area contributed by atoms with Crippen LogP contribution in [0.15, 0.2) is 40.8 Å². The number of carbonyl (C=O) groups is 1. The maximum Gasteiger partial charge on any atom is 0.308 e. The predicted molar refractivity (Wildman–Crippen MR) is 104 cm³/mol. The van der Waals surface area contributed by atoms with Gasteiger partial charge in [0.05, 0.1) is 20.6 Å². The summed E-state index contributed by atoms with van der Waals surface area (Å²) in [4.78, 5) is 12.2. The summed E-state index contributed by atoms with van der Waals surface area (Å²) in [5.74, 6) is 0.416. The molecule has 1 heterocycles. The van der Waals surface area contributed by atoms with Gasteiger partial charge in [0.25, 0.3) is 0 Å². The van der Waals surface area contributed by atoms with Gasteiger partial charge in [-0.3, -0.25) is 4.79 Å². The fourth-order valence-corrected chi connectivity index (χ4v) is 2.91. The molecule has 0 spiro atoms. The third-order valence-corrected chi connectivity index (χ3v) is 4.52. The minimum atomic E-state index is -0.477. The summed E-state index contributed by atoms with van der Waals surface area (Å²) in [7, 11) is 3.14. The molecule has 1 aromatic heterocycles. The second kappa shape index (κ2) is 9.38. The van der Waals surface area contributed by atoms with Crippen molar-refractivity contribution >= 4 is 17.5 Å². The quantitative estimate of drug-likeness (QED) is 0.602. The monoisotopic (exact) mass is 419 g/mol. The Labute approximate surface area is 171 Å². The van der Waals surface area contributed by atoms with E-state index in [2.05, 4.69) is 15.5 Å². The van der Waals surface area contributed by atoms with Crippen molar-refractivity contribution < 1.29 is 23.1 Å². The van der Waals surface area contributed by atoms with Crippen LogP contribution in [0.25, 0.3) is 0 Å². The number of rotatable bonds is 8. The smallest absolute Gasteiger partial charge is 0.308 e. The molecule has 0 aliphatic heterocycles. The second-order valence-electron chi connectivity index (χ2n) is 6.11. The number of nitrogens with zero attached hydrogens (tertiary/aromatic N) is 2. The Bertz CT molecular complexity index is 1010. The van der Waals surface area contributed by atoms with Crippen molar-refractivity contribution in [1.82, 2.24) is 15.5 Å². The van der Waals surface area contributed by atoms with E-state index in [0.29, 0.717) is 30.0 Å². The summed E-state index contributed by atoms with van der Waals surface area (Å²) in [6.45, 7) is 0.371. The van der Waals surface area contributed by atoms with Crippen LogP contribution in [-0.2, 0) is 12.8 Å². The average Bonchev–Trinajstić information content (AvgIpc) is 3.18. The Morgan fingerprint density at radius 2 is 1.93 bits per heavy atom. The van der Waals surface area contributed by atoms with Crippen LogP contribution in [0, 0.1) is 5.82 Å². The third kappa shape index (κ3) is 5.23. The molecule has 3 rings (SSSR count). The summed E-state index contributed by atoms with van der Waals surface area (Å²) in [5.41, 5.74) is 1.59. The number of benzene rings is 2. The third-order valence-electron chi connectivity index (χ3n) is 4.17. The molecule has 0 saturated heterocycles. The highest BCUT2D eigenvalue weighted by atomic mass is 35.5. The molecule has 0 fully saturated rings. The molecular weight excluding hydrogens is 401 g/mol. The van der Waals surface area contributed by atoms with Gasteiger partial charge < -0.3 is 19.2 Å². The van der Waals surface area contributed by atoms with Gasteiger partial charge in [-0.2, -0.15) is 0 Å². The number of halogens is 2. The minimum absolute atomic E-state index is 0.148. The number of amides is 1. The molecule has 2 aromatic carbocycles. The highest BCUT2D eigenvalue weighted by Gasteiger charge is 2.16. The van der Waals surface area contributed by atoms with E-state index < -0.39 is 11.7 Å². The van der Waals surface area contributed by atoms with E-state index in [9.17, 15) is 9.18 Å². The molecule has 1 amide bonds. The van der Waals surface area contributed by atoms with Gasteiger partial charge in [0, 0.05) is 11.6 Å². The molecule has 3 aromatic rings. The van der Waals surface area contributed by atoms with Gasteiger partial charge >= 0.3 is 11.8 Å². The zero-order chi connectivity index (χ0) is 20.8. The average molecular weight is 420 g/mol. The molecule has 9 heteroatoms. The Kier molecular flexibility index (Phi) is 6.66. The highest BCUT2D eigenvalue weighted by molar-refractivity contribution is 6.31. The summed E-state index contributed by atoms with van der Waals surface area (Å²) >= 11 is 5.99. The summed E-state index contributed by atoms with van der Waals surface area (Å²) in [6.07, 6.45) is 0.781. The molecular formula is C20H19ClFN3O4. The summed E-state index contributed by atoms with van der Waals surface area (Å²) in [5, 5.41) is 10.6. The van der Waals surface area contributed by atoms with Crippen LogP contribution in [0.3, 0.4) is 0 Å². The maximum atomic E-state index is 13.1. The molecule has 29 heavy (non-hydrogen) atoms. The summed E-state index contributed by atoms with van der Waals surface area (Å²) < 4.78 is 29.0. The number of hydrogen-bond donors (Lipinski definition) is 1. The van der Waals surface area contributed by atoms with Gasteiger partial charge in [0.1, 0.15) is 5.82 Å². The van der Waals surface area contributed by atoms with Crippen LogP contribution in [0.2, 0.25) is 5.02 Å². The minimum Gasteiger partial charge on any atom is -0.493 e. The Morgan fingerprint density at radius 1 is 1.14 bits per heavy atom. The molecule has 0 bridgehead atoms. The standard InChI is InChI=1S/C20H19ClFN3O4/c1-27-16-6-3-12(9-17(16)28-2)7-8-23-19(26)20-25-24-18(29-20)10-13-4-5-14(22)11-15(13)21/h3-6,9,11H,7-8,10H2,1-2H3,(H,23,26). The molecule has 1 N–H and O–H groups in total. The number of nitrogens with one attached hydrogen (secondary N) is 1. The Balaban J connectivity index is 1.55. The van der Waals surface area contributed by atoms with Crippen molar-refractivity contribution in [2.75, 3.05) is 20.8 Å². The van der Waals surface area contributed by atoms with Gasteiger partial charge in [-0.1, -0.05) is 23.7 Å². The second-order valence-corrected chi connectivity index (χ2v) is 6.52. The first kappa shape index (κ1) is 20.6. The fraction of sp³-hybridized carbons (Fsp3) is 0.250. The van der Waals surface area contributed by atoms with Gasteiger partial charge in [-0.15, -0.1) is 10.2 Å². The zero-order valence-electron chi connectivity index (χ0n) is 15.9. The van der Waals surface area contributed by atoms with Crippen LogP contribution in [0.4, 0.5) is 4.39 Å². The first-order chi connectivity index (χ1) is 14.0. The zero-order valence-corrected chi connectivity index (χ0v) is 16.6. The van der Waals surface area contributed by atoms with Crippen LogP contribution in [-0.4, -0.2) is 36.9 Å². The number of hydrogen-bond acceptors (Lipinski definition) is 6. The Morgan fingerprint density at radius 3 is 2.66 bits per heavy atom. The van der Waals surface area contributed by atoms with Crippen molar-refractivity contribution in [3.63, 3.8) is 0 Å². The van der Waals surface area contributed by atoms with Crippen molar-refractivity contribution in [2.45, 2.75) is 12.8 Å². The van der Waals surface area contributed by atoms with E-state index in [1.807, 2.05) is 12.1 Å². The molecule has 0 atom stereocenters. The van der Waals surface area contributed by atoms with Crippen molar-refractivity contribution in [3.05, 3.63) is 70.1 Å². The van der Waals surface area contributed by atoms with E-state index in [1.54, 1.807) is 20.3 Å². The maximum absolute atomic E-state index is 13.1. The molecule has 0 aliphatic rings. The van der Waals surface area contributed by atoms with Crippen LogP contribution in [0.5, 0.6) is 11.5 Å². The normalized spacial score (nSPS) is 10.6. The van der Waals surface area contributed by atoms with E-state index in [1.165, 1.54) is 18.2 Å². The molecule has 7 nitrogen and oxygen atoms in total. The lowest BCUT2D eigenvalue weighted by molar-refractivity contribution is 0.0918. The van der Waals surface area contributed by atoms with Crippen LogP contribution < -0.4 is 14.8 Å². The molecule has 0 aliphatic carbocycles. The van der Waals surface area contributed by atoms with Gasteiger partial charge in [-0.05, 0) is 41.8 Å². The molecule has 0 radical (unpaired) electrons. The topological polar surface area (TPSA) is 86.5 Å². The van der Waals surface area contributed by atoms with Crippen molar-refractivity contribution in [3.8, 4) is 11.5 Å². The van der Waals surface area contributed by atoms with Crippen LogP contribution in [0.1, 0.15) is 27.7 Å². The van der Waals surface area contributed by atoms with Crippen LogP contribution >= 0.6 is 11.6 Å². The molecule has 0 unspecified atom stereocenters. The van der Waals surface area contributed by atoms with Crippen molar-refractivity contribution in [1.29, 1.82) is 0 Å². The SMILES string of the molecule is COc1ccc(CCNC(=O)c2nnc(Cc3ccc(F)cc3Cl)o2)cc1OC. The lowest BCUT2D eigenvalue weighted by atomic mass is 10.1. The Hall–Kier alpha value is -3.13. The lowest BCUT2D eigenvalue weighted by Gasteiger charge is -2.09. The summed E-state index contributed by atoms with van der Waals surface area (Å²) in [6, 6.07) is 9.58. The largest absolute Gasteiger partial charge is 0.493 e. The number of carbonyl (C=O) groups excluding carboxylic acids is 1. The van der Waals surface area contributed by atoms with Gasteiger partial charge in [0.2, 0.25) is 5.89 Å². The predicted octanol–water partition coefficient (Wildman–Crippen LogP) is 3.44. The van der Waals surface area contributed by atoms with Crippen molar-refractivity contribution in [2.24, 2.45) is 0 Å². The lowest BCUT2D eigenvalue weighted by Crippen LogP contribution is -2.26. The number of ether oxygens (including phenoxy) is 2. The first-order valence-electron chi connectivity index (χ1n) is 8.75. The fourth-order valence-electron chi connectivity index (χ4n) is 2.68. The van der Waals surface area contributed by atoms with E-state index in [-0.39, 0.29) is 23.2 Å². The highest BCUT2D eigenvalue weighted by Crippen LogP contribution is 2.27. The first-order valence-corrected chi connectivity index (χ1v) is 9.13. The number of methoxy groups -OCH3 is 2.